The highest BCUT2D eigenvalue weighted by Crippen LogP contribution is 2.54. The molecule has 0 unspecified atom stereocenters. The Morgan fingerprint density at radius 1 is 0.305 bits per heavy atom. The van der Waals surface area contributed by atoms with E-state index >= 15 is 0 Å². The summed E-state index contributed by atoms with van der Waals surface area (Å²) in [6, 6.07) is 90.2. The molecule has 0 spiro atoms. The summed E-state index contributed by atoms with van der Waals surface area (Å²) in [5, 5.41) is 27.2. The van der Waals surface area contributed by atoms with Crippen molar-refractivity contribution in [3.8, 4) is 39.9 Å². The quantitative estimate of drug-likeness (QED) is 0.169. The number of hydrogen-bond donors (Lipinski definition) is 0. The monoisotopic (exact) mass is 1080 g/mol. The highest BCUT2D eigenvalue weighted by Gasteiger charge is 2.36. The van der Waals surface area contributed by atoms with Gasteiger partial charge in [0.05, 0.1) is 76.3 Å². The number of para-hydroxylation sites is 6. The maximum atomic E-state index is 13.3. The zero-order valence-electron chi connectivity index (χ0n) is 44.6. The molecule has 0 atom stereocenters. The van der Waals surface area contributed by atoms with E-state index in [1.165, 1.54) is 40.3 Å². The number of rotatable bonds is 5. The molecule has 12 aromatic carbocycles. The van der Waals surface area contributed by atoms with Gasteiger partial charge in [-0.15, -0.1) is 22.7 Å². The molecule has 382 valence electrons. The van der Waals surface area contributed by atoms with Crippen LogP contribution in [0, 0.1) is 25.2 Å². The van der Waals surface area contributed by atoms with Crippen molar-refractivity contribution in [1.29, 1.82) is 5.26 Å². The second kappa shape index (κ2) is 16.9. The molecule has 5 nitrogen and oxygen atoms in total. The highest BCUT2D eigenvalue weighted by molar-refractivity contribution is 7.27. The number of hydrogen-bond acceptors (Lipinski definition) is 3. The molecule has 0 radical (unpaired) electrons. The number of thiophene rings is 2. The topological polar surface area (TPSA) is 43.5 Å². The van der Waals surface area contributed by atoms with Crippen LogP contribution in [0.15, 0.2) is 237 Å². The van der Waals surface area contributed by atoms with Crippen molar-refractivity contribution in [2.24, 2.45) is 0 Å². The van der Waals surface area contributed by atoms with E-state index in [1.54, 1.807) is 0 Å². The molecule has 18 rings (SSSR count). The van der Waals surface area contributed by atoms with Gasteiger partial charge in [0.1, 0.15) is 11.6 Å². The van der Waals surface area contributed by atoms with Crippen molar-refractivity contribution in [3.05, 3.63) is 253 Å². The molecule has 0 aliphatic rings. The van der Waals surface area contributed by atoms with Gasteiger partial charge in [0, 0.05) is 79.6 Å². The van der Waals surface area contributed by atoms with Crippen LogP contribution in [-0.4, -0.2) is 18.3 Å². The van der Waals surface area contributed by atoms with Crippen LogP contribution in [-0.2, 0) is 0 Å². The van der Waals surface area contributed by atoms with Gasteiger partial charge in [0.25, 0.3) is 0 Å². The Kier molecular flexibility index (Phi) is 9.40. The molecule has 0 bridgehead atoms. The van der Waals surface area contributed by atoms with Crippen molar-refractivity contribution in [1.82, 2.24) is 18.3 Å². The average molecular weight is 1080 g/mol. The predicted molar refractivity (Wildman–Crippen MR) is 349 cm³/mol. The lowest BCUT2D eigenvalue weighted by Crippen LogP contribution is -2.16. The van der Waals surface area contributed by atoms with Crippen LogP contribution < -0.4 is 0 Å². The largest absolute Gasteiger partial charge is 0.306 e. The first-order valence-corrected chi connectivity index (χ1v) is 29.5. The van der Waals surface area contributed by atoms with Gasteiger partial charge in [-0.1, -0.05) is 199 Å². The van der Waals surface area contributed by atoms with Crippen LogP contribution in [0.5, 0.6) is 0 Å². The molecule has 6 heterocycles. The van der Waals surface area contributed by atoms with Crippen molar-refractivity contribution in [2.75, 3.05) is 0 Å². The van der Waals surface area contributed by atoms with Crippen LogP contribution in [0.2, 0.25) is 0 Å². The van der Waals surface area contributed by atoms with E-state index in [1.807, 2.05) is 22.7 Å². The summed E-state index contributed by atoms with van der Waals surface area (Å²) >= 11 is 3.67. The first kappa shape index (κ1) is 45.6. The summed E-state index contributed by atoms with van der Waals surface area (Å²) in [5.74, 6) is 0. The van der Waals surface area contributed by atoms with Gasteiger partial charge < -0.3 is 18.3 Å². The molecule has 0 aliphatic carbocycles. The lowest BCUT2D eigenvalue weighted by atomic mass is 9.91. The molecular formula is C75H45N5S2. The SMILES string of the molecule is Cc1cc(C)cc(-c2c(-n3c4ccccc4c4ccccc43)c(-n3c4ccccc4c4ccc5c6ccccc6sc5c43)c(C#N)c(-n3c4ccccc4c4ccc5c6ccccc6sc5c43)c2-n2c3ccccc3c3ccccc32)c1. The van der Waals surface area contributed by atoms with Gasteiger partial charge in [-0.05, 0) is 67.9 Å². The molecular weight excluding hydrogens is 1030 g/mol. The second-order valence-corrected chi connectivity index (χ2v) is 24.1. The van der Waals surface area contributed by atoms with E-state index in [2.05, 4.69) is 275 Å². The number of nitriles is 1. The summed E-state index contributed by atoms with van der Waals surface area (Å²) in [7, 11) is 0. The zero-order valence-corrected chi connectivity index (χ0v) is 46.2. The van der Waals surface area contributed by atoms with Gasteiger partial charge >= 0.3 is 0 Å². The first-order chi connectivity index (χ1) is 40.5. The summed E-state index contributed by atoms with van der Waals surface area (Å²) in [6.45, 7) is 4.44. The Hall–Kier alpha value is -10.2. The molecule has 82 heavy (non-hydrogen) atoms. The van der Waals surface area contributed by atoms with E-state index in [0.29, 0.717) is 5.56 Å². The third kappa shape index (κ3) is 6.04. The van der Waals surface area contributed by atoms with Crippen molar-refractivity contribution >= 4 is 150 Å². The minimum absolute atomic E-state index is 0.559. The Morgan fingerprint density at radius 2 is 0.610 bits per heavy atom. The molecule has 7 heteroatoms. The smallest absolute Gasteiger partial charge is 0.104 e. The van der Waals surface area contributed by atoms with Crippen LogP contribution in [0.25, 0.3) is 161 Å². The Bertz CT molecular complexity index is 5430. The third-order valence-electron chi connectivity index (χ3n) is 17.4. The summed E-state index contributed by atoms with van der Waals surface area (Å²) in [4.78, 5) is 0. The summed E-state index contributed by atoms with van der Waals surface area (Å²) < 4.78 is 14.8. The molecule has 0 saturated carbocycles. The van der Waals surface area contributed by atoms with Crippen molar-refractivity contribution in [2.45, 2.75) is 13.8 Å². The Morgan fingerprint density at radius 3 is 0.976 bits per heavy atom. The fourth-order valence-electron chi connectivity index (χ4n) is 14.3. The fourth-order valence-corrected chi connectivity index (χ4v) is 16.8. The lowest BCUT2D eigenvalue weighted by molar-refractivity contribution is 1.04. The van der Waals surface area contributed by atoms with Crippen LogP contribution in [0.4, 0.5) is 0 Å². The standard InChI is InChI=1S/C75H45N5S2/c1-43-39-44(2)41-45(40-43)67-72(77-59-27-11-3-19-46(59)47-20-4-12-28-60(47)77)68(79-63-31-15-7-23-50(63)54-35-37-56-52-25-9-17-33-65(52)81-74(56)70(54)79)58(42-76)69(73(67)78-61-29-13-5-21-48(61)49-22-6-14-30-62(49)78)80-64-32-16-8-24-51(64)55-36-38-57-53-26-10-18-34-66(53)82-75(57)71(55)80/h3-41H,1-2H3. The summed E-state index contributed by atoms with van der Waals surface area (Å²) in [5.41, 5.74) is 16.8. The minimum atomic E-state index is 0.559. The molecule has 0 saturated heterocycles. The van der Waals surface area contributed by atoms with Gasteiger partial charge in [-0.3, -0.25) is 0 Å². The van der Waals surface area contributed by atoms with E-state index in [9.17, 15) is 5.26 Å². The van der Waals surface area contributed by atoms with Crippen LogP contribution in [0.1, 0.15) is 16.7 Å². The molecule has 6 aromatic heterocycles. The Balaban J connectivity index is 1.21. The molecule has 0 aliphatic heterocycles. The van der Waals surface area contributed by atoms with Crippen LogP contribution in [0.3, 0.4) is 0 Å². The predicted octanol–water partition coefficient (Wildman–Crippen LogP) is 21.0. The van der Waals surface area contributed by atoms with Gasteiger partial charge in [-0.25, -0.2) is 0 Å². The number of nitrogens with zero attached hydrogens (tertiary/aromatic N) is 5. The fraction of sp³-hybridized carbons (Fsp3) is 0.0267. The molecule has 0 N–H and O–H groups in total. The van der Waals surface area contributed by atoms with E-state index in [0.717, 1.165) is 132 Å². The highest BCUT2D eigenvalue weighted by atomic mass is 32.1. The van der Waals surface area contributed by atoms with Crippen molar-refractivity contribution in [3.63, 3.8) is 0 Å². The van der Waals surface area contributed by atoms with Gasteiger partial charge in [0.2, 0.25) is 0 Å². The molecule has 18 aromatic rings. The first-order valence-electron chi connectivity index (χ1n) is 27.9. The average Bonchev–Trinajstić information content (AvgIpc) is 2.06. The number of aromatic nitrogens is 4. The normalized spacial score (nSPS) is 12.3. The van der Waals surface area contributed by atoms with Gasteiger partial charge in [0.15, 0.2) is 0 Å². The van der Waals surface area contributed by atoms with Crippen molar-refractivity contribution < 1.29 is 0 Å². The number of fused-ring (bicyclic) bond motifs is 20. The second-order valence-electron chi connectivity index (χ2n) is 22.0. The van der Waals surface area contributed by atoms with E-state index in [-0.39, 0.29) is 0 Å². The third-order valence-corrected chi connectivity index (χ3v) is 19.8. The maximum absolute atomic E-state index is 13.3. The van der Waals surface area contributed by atoms with Gasteiger partial charge in [-0.2, -0.15) is 5.26 Å². The van der Waals surface area contributed by atoms with E-state index in [4.69, 9.17) is 0 Å². The maximum Gasteiger partial charge on any atom is 0.104 e. The summed E-state index contributed by atoms with van der Waals surface area (Å²) in [6.07, 6.45) is 0. The lowest BCUT2D eigenvalue weighted by Gasteiger charge is -2.29. The Labute approximate surface area is 477 Å². The zero-order chi connectivity index (χ0) is 54.1. The molecule has 0 fully saturated rings. The number of benzene rings is 12. The molecule has 0 amide bonds. The van der Waals surface area contributed by atoms with E-state index < -0.39 is 0 Å². The minimum Gasteiger partial charge on any atom is -0.306 e. The number of aryl methyl sites for hydroxylation is 2. The van der Waals surface area contributed by atoms with Crippen LogP contribution >= 0.6 is 22.7 Å².